The van der Waals surface area contributed by atoms with Gasteiger partial charge in [0.15, 0.2) is 0 Å². The van der Waals surface area contributed by atoms with Crippen molar-refractivity contribution in [2.24, 2.45) is 5.92 Å². The van der Waals surface area contributed by atoms with Crippen LogP contribution in [0.25, 0.3) is 0 Å². The Balaban J connectivity index is 1.87. The average molecular weight is 312 g/mol. The van der Waals surface area contributed by atoms with E-state index in [1.165, 1.54) is 0 Å². The molecule has 116 valence electrons. The van der Waals surface area contributed by atoms with Crippen molar-refractivity contribution in [2.45, 2.75) is 12.8 Å². The van der Waals surface area contributed by atoms with E-state index in [1.807, 2.05) is 0 Å². The van der Waals surface area contributed by atoms with Crippen LogP contribution in [0.3, 0.4) is 0 Å². The molecular formula is C13H20N4O3S. The van der Waals surface area contributed by atoms with E-state index >= 15 is 0 Å². The molecule has 1 aromatic rings. The molecule has 7 nitrogen and oxygen atoms in total. The second kappa shape index (κ2) is 6.86. The Hall–Kier alpha value is -1.67. The first-order valence-electron chi connectivity index (χ1n) is 6.84. The second-order valence-electron chi connectivity index (χ2n) is 5.25. The predicted molar refractivity (Wildman–Crippen MR) is 80.4 cm³/mol. The summed E-state index contributed by atoms with van der Waals surface area (Å²) in [7, 11) is -3.19. The maximum absolute atomic E-state index is 12.2. The molecule has 8 heteroatoms. The maximum Gasteiger partial charge on any atom is 0.321 e. The summed E-state index contributed by atoms with van der Waals surface area (Å²) in [5.74, 6) is 0.146. The molecule has 0 bridgehead atoms. The third-order valence-electron chi connectivity index (χ3n) is 3.35. The summed E-state index contributed by atoms with van der Waals surface area (Å²) in [4.78, 5) is 17.8. The van der Waals surface area contributed by atoms with Crippen molar-refractivity contribution in [2.75, 3.05) is 31.2 Å². The fourth-order valence-electron chi connectivity index (χ4n) is 2.32. The highest BCUT2D eigenvalue weighted by Gasteiger charge is 2.24. The number of amides is 2. The maximum atomic E-state index is 12.2. The fourth-order valence-corrected chi connectivity index (χ4v) is 2.86. The fraction of sp³-hybridized carbons (Fsp3) is 0.538. The van der Waals surface area contributed by atoms with Crippen molar-refractivity contribution >= 4 is 21.7 Å². The number of rotatable bonds is 4. The molecule has 1 unspecified atom stereocenters. The molecule has 1 atom stereocenters. The first kappa shape index (κ1) is 15.7. The Morgan fingerprint density at radius 3 is 3.00 bits per heavy atom. The SMILES string of the molecule is CS(=O)(=O)NCC1CCCN(C(=O)Nc2cccnc2)C1. The van der Waals surface area contributed by atoms with Gasteiger partial charge in [-0.2, -0.15) is 0 Å². The minimum Gasteiger partial charge on any atom is -0.324 e. The van der Waals surface area contributed by atoms with Crippen molar-refractivity contribution in [1.82, 2.24) is 14.6 Å². The molecule has 2 amide bonds. The largest absolute Gasteiger partial charge is 0.324 e. The van der Waals surface area contributed by atoms with Crippen LogP contribution in [0.15, 0.2) is 24.5 Å². The molecule has 1 saturated heterocycles. The standard InChI is InChI=1S/C13H20N4O3S/c1-21(19,20)15-8-11-4-3-7-17(10-11)13(18)16-12-5-2-6-14-9-12/h2,5-6,9,11,15H,3-4,7-8,10H2,1H3,(H,16,18). The number of likely N-dealkylation sites (tertiary alicyclic amines) is 1. The van der Waals surface area contributed by atoms with Gasteiger partial charge in [0.25, 0.3) is 0 Å². The van der Waals surface area contributed by atoms with Gasteiger partial charge in [-0.05, 0) is 30.9 Å². The third-order valence-corrected chi connectivity index (χ3v) is 4.04. The lowest BCUT2D eigenvalue weighted by Gasteiger charge is -2.32. The van der Waals surface area contributed by atoms with E-state index < -0.39 is 10.0 Å². The molecule has 0 radical (unpaired) electrons. The Morgan fingerprint density at radius 1 is 1.52 bits per heavy atom. The molecule has 1 aromatic heterocycles. The van der Waals surface area contributed by atoms with Gasteiger partial charge in [0.2, 0.25) is 10.0 Å². The highest BCUT2D eigenvalue weighted by molar-refractivity contribution is 7.88. The lowest BCUT2D eigenvalue weighted by Crippen LogP contribution is -2.45. The van der Waals surface area contributed by atoms with Crippen LogP contribution in [0.4, 0.5) is 10.5 Å². The van der Waals surface area contributed by atoms with Crippen LogP contribution in [0, 0.1) is 5.92 Å². The Labute approximate surface area is 124 Å². The predicted octanol–water partition coefficient (Wildman–Crippen LogP) is 0.875. The summed E-state index contributed by atoms with van der Waals surface area (Å²) < 4.78 is 24.7. The van der Waals surface area contributed by atoms with Crippen molar-refractivity contribution in [3.63, 3.8) is 0 Å². The molecule has 0 saturated carbocycles. The van der Waals surface area contributed by atoms with Crippen LogP contribution >= 0.6 is 0 Å². The summed E-state index contributed by atoms with van der Waals surface area (Å²) >= 11 is 0. The molecule has 0 aliphatic carbocycles. The van der Waals surface area contributed by atoms with E-state index in [0.29, 0.717) is 25.3 Å². The van der Waals surface area contributed by atoms with E-state index in [0.717, 1.165) is 19.1 Å². The molecule has 2 N–H and O–H groups in total. The summed E-state index contributed by atoms with van der Waals surface area (Å²) in [6.45, 7) is 1.60. The molecule has 21 heavy (non-hydrogen) atoms. The summed E-state index contributed by atoms with van der Waals surface area (Å²) in [5, 5.41) is 2.79. The molecule has 1 fully saturated rings. The smallest absolute Gasteiger partial charge is 0.321 e. The number of urea groups is 1. The number of hydrogen-bond donors (Lipinski definition) is 2. The highest BCUT2D eigenvalue weighted by Crippen LogP contribution is 2.17. The van der Waals surface area contributed by atoms with E-state index in [2.05, 4.69) is 15.0 Å². The first-order chi connectivity index (χ1) is 9.94. The van der Waals surface area contributed by atoms with Gasteiger partial charge >= 0.3 is 6.03 Å². The van der Waals surface area contributed by atoms with Gasteiger partial charge < -0.3 is 10.2 Å². The Bertz CT molecular complexity index is 576. The van der Waals surface area contributed by atoms with Crippen molar-refractivity contribution in [1.29, 1.82) is 0 Å². The number of piperidine rings is 1. The van der Waals surface area contributed by atoms with Crippen molar-refractivity contribution < 1.29 is 13.2 Å². The van der Waals surface area contributed by atoms with E-state index in [1.54, 1.807) is 29.4 Å². The van der Waals surface area contributed by atoms with Gasteiger partial charge in [-0.1, -0.05) is 0 Å². The monoisotopic (exact) mass is 312 g/mol. The molecule has 1 aliphatic heterocycles. The number of aromatic nitrogens is 1. The molecule has 2 heterocycles. The topological polar surface area (TPSA) is 91.4 Å². The molecule has 2 rings (SSSR count). The number of hydrogen-bond acceptors (Lipinski definition) is 4. The first-order valence-corrected chi connectivity index (χ1v) is 8.74. The minimum absolute atomic E-state index is 0.146. The van der Waals surface area contributed by atoms with Crippen LogP contribution in [-0.2, 0) is 10.0 Å². The number of carbonyl (C=O) groups is 1. The van der Waals surface area contributed by atoms with Crippen LogP contribution in [0.5, 0.6) is 0 Å². The minimum atomic E-state index is -3.19. The Kier molecular flexibility index (Phi) is 5.13. The van der Waals surface area contributed by atoms with Gasteiger partial charge in [0, 0.05) is 25.8 Å². The van der Waals surface area contributed by atoms with Gasteiger partial charge in [0.1, 0.15) is 0 Å². The van der Waals surface area contributed by atoms with Gasteiger partial charge in [-0.3, -0.25) is 4.98 Å². The summed E-state index contributed by atoms with van der Waals surface area (Å²) in [5.41, 5.74) is 0.652. The van der Waals surface area contributed by atoms with Crippen LogP contribution in [0.1, 0.15) is 12.8 Å². The van der Waals surface area contributed by atoms with Crippen molar-refractivity contribution in [3.8, 4) is 0 Å². The van der Waals surface area contributed by atoms with Crippen LogP contribution in [-0.4, -0.2) is 50.2 Å². The molecule has 1 aliphatic rings. The van der Waals surface area contributed by atoms with E-state index in [9.17, 15) is 13.2 Å². The lowest BCUT2D eigenvalue weighted by molar-refractivity contribution is 0.178. The zero-order valence-electron chi connectivity index (χ0n) is 11.9. The number of nitrogens with zero attached hydrogens (tertiary/aromatic N) is 2. The summed E-state index contributed by atoms with van der Waals surface area (Å²) in [6, 6.07) is 3.36. The van der Waals surface area contributed by atoms with E-state index in [-0.39, 0.29) is 11.9 Å². The molecular weight excluding hydrogens is 292 g/mol. The zero-order chi connectivity index (χ0) is 15.3. The number of anilines is 1. The quantitative estimate of drug-likeness (QED) is 0.863. The molecule has 0 aromatic carbocycles. The normalized spacial score (nSPS) is 19.3. The lowest BCUT2D eigenvalue weighted by atomic mass is 9.99. The van der Waals surface area contributed by atoms with Gasteiger partial charge in [0.05, 0.1) is 18.1 Å². The summed E-state index contributed by atoms with van der Waals surface area (Å²) in [6.07, 6.45) is 6.16. The number of pyridine rings is 1. The Morgan fingerprint density at radius 2 is 2.33 bits per heavy atom. The van der Waals surface area contributed by atoms with Crippen LogP contribution in [0.2, 0.25) is 0 Å². The molecule has 0 spiro atoms. The van der Waals surface area contributed by atoms with E-state index in [4.69, 9.17) is 0 Å². The zero-order valence-corrected chi connectivity index (χ0v) is 12.8. The number of sulfonamides is 1. The van der Waals surface area contributed by atoms with Gasteiger partial charge in [-0.15, -0.1) is 0 Å². The number of nitrogens with one attached hydrogen (secondary N) is 2. The average Bonchev–Trinajstić information content (AvgIpc) is 2.46. The second-order valence-corrected chi connectivity index (χ2v) is 7.08. The third kappa shape index (κ3) is 5.31. The van der Waals surface area contributed by atoms with Crippen LogP contribution < -0.4 is 10.0 Å². The van der Waals surface area contributed by atoms with Gasteiger partial charge in [-0.25, -0.2) is 17.9 Å². The number of carbonyl (C=O) groups excluding carboxylic acids is 1. The van der Waals surface area contributed by atoms with Crippen molar-refractivity contribution in [3.05, 3.63) is 24.5 Å². The highest BCUT2D eigenvalue weighted by atomic mass is 32.2.